The fourth-order valence-corrected chi connectivity index (χ4v) is 2.93. The van der Waals surface area contributed by atoms with Crippen LogP contribution >= 0.6 is 0 Å². The molecule has 0 saturated carbocycles. The summed E-state index contributed by atoms with van der Waals surface area (Å²) < 4.78 is 5.50. The quantitative estimate of drug-likeness (QED) is 0.695. The molecule has 2 N–H and O–H groups in total. The van der Waals surface area contributed by atoms with Gasteiger partial charge in [0.15, 0.2) is 0 Å². The average Bonchev–Trinajstić information content (AvgIpc) is 2.96. The van der Waals surface area contributed by atoms with Crippen molar-refractivity contribution in [3.8, 4) is 6.07 Å². The van der Waals surface area contributed by atoms with E-state index < -0.39 is 0 Å². The molecule has 0 bridgehead atoms. The highest BCUT2D eigenvalue weighted by Gasteiger charge is 2.18. The number of nitrogens with zero attached hydrogens (tertiary/aromatic N) is 1. The molecule has 0 aliphatic carbocycles. The Morgan fingerprint density at radius 2 is 1.59 bits per heavy atom. The maximum atomic E-state index is 12.4. The molecule has 1 heterocycles. The Balaban J connectivity index is 1.73. The van der Waals surface area contributed by atoms with Gasteiger partial charge < -0.3 is 4.42 Å². The topological polar surface area (TPSA) is 78.1 Å². The second kappa shape index (κ2) is 8.35. The first-order valence-electron chi connectivity index (χ1n) is 8.73. The molecular formula is C22H21N3O2. The molecular weight excluding hydrogens is 338 g/mol. The maximum absolute atomic E-state index is 12.4. The van der Waals surface area contributed by atoms with Gasteiger partial charge in [-0.3, -0.25) is 15.4 Å². The third kappa shape index (κ3) is 4.25. The number of carbonyl (C=O) groups is 1. The van der Waals surface area contributed by atoms with Crippen LogP contribution in [0, 0.1) is 25.2 Å². The molecule has 0 spiro atoms. The van der Waals surface area contributed by atoms with Crippen molar-refractivity contribution in [1.29, 1.82) is 5.26 Å². The first-order valence-corrected chi connectivity index (χ1v) is 8.73. The highest BCUT2D eigenvalue weighted by Crippen LogP contribution is 2.25. The van der Waals surface area contributed by atoms with Crippen molar-refractivity contribution >= 4 is 11.8 Å². The van der Waals surface area contributed by atoms with Gasteiger partial charge in [-0.2, -0.15) is 5.26 Å². The van der Waals surface area contributed by atoms with E-state index in [1.807, 2.05) is 60.7 Å². The van der Waals surface area contributed by atoms with E-state index in [0.717, 1.165) is 16.7 Å². The van der Waals surface area contributed by atoms with Crippen LogP contribution in [-0.2, 0) is 4.79 Å². The van der Waals surface area contributed by atoms with E-state index in [-0.39, 0.29) is 24.4 Å². The summed E-state index contributed by atoms with van der Waals surface area (Å²) in [7, 11) is 0. The fourth-order valence-electron chi connectivity index (χ4n) is 2.93. The standard InChI is InChI=1S/C22H21N3O2/c1-15-16(2)27-22(19(15)13-23)25-20(26)14-24-21(17-9-5-3-6-10-17)18-11-7-4-8-12-18/h3-12,21,24H,14H2,1-2H3,(H,25,26). The highest BCUT2D eigenvalue weighted by molar-refractivity contribution is 5.92. The summed E-state index contributed by atoms with van der Waals surface area (Å²) in [6.45, 7) is 3.65. The number of anilines is 1. The Morgan fingerprint density at radius 3 is 2.11 bits per heavy atom. The molecule has 3 aromatic rings. The minimum Gasteiger partial charge on any atom is -0.444 e. The summed E-state index contributed by atoms with van der Waals surface area (Å²) in [5.74, 6) is 0.564. The van der Waals surface area contributed by atoms with Crippen molar-refractivity contribution in [2.45, 2.75) is 19.9 Å². The number of rotatable bonds is 6. The van der Waals surface area contributed by atoms with Crippen molar-refractivity contribution in [3.05, 3.63) is 88.7 Å². The molecule has 0 aliphatic rings. The summed E-state index contributed by atoms with van der Waals surface area (Å²) in [6.07, 6.45) is 0. The zero-order chi connectivity index (χ0) is 19.2. The van der Waals surface area contributed by atoms with Gasteiger partial charge in [-0.25, -0.2) is 0 Å². The van der Waals surface area contributed by atoms with Gasteiger partial charge >= 0.3 is 0 Å². The molecule has 27 heavy (non-hydrogen) atoms. The van der Waals surface area contributed by atoms with Crippen LogP contribution in [0.5, 0.6) is 0 Å². The number of aryl methyl sites for hydroxylation is 1. The lowest BCUT2D eigenvalue weighted by atomic mass is 9.99. The van der Waals surface area contributed by atoms with Gasteiger partial charge in [-0.1, -0.05) is 60.7 Å². The van der Waals surface area contributed by atoms with E-state index in [0.29, 0.717) is 11.3 Å². The highest BCUT2D eigenvalue weighted by atomic mass is 16.4. The van der Waals surface area contributed by atoms with Crippen molar-refractivity contribution in [3.63, 3.8) is 0 Å². The molecule has 136 valence electrons. The molecule has 0 radical (unpaired) electrons. The van der Waals surface area contributed by atoms with E-state index in [2.05, 4.69) is 16.7 Å². The average molecular weight is 359 g/mol. The van der Waals surface area contributed by atoms with Crippen molar-refractivity contribution in [2.24, 2.45) is 0 Å². The van der Waals surface area contributed by atoms with Crippen LogP contribution in [0.4, 0.5) is 5.88 Å². The monoisotopic (exact) mass is 359 g/mol. The third-order valence-electron chi connectivity index (χ3n) is 4.48. The third-order valence-corrected chi connectivity index (χ3v) is 4.48. The normalized spacial score (nSPS) is 10.6. The van der Waals surface area contributed by atoms with Crippen LogP contribution < -0.4 is 10.6 Å². The minimum atomic E-state index is -0.267. The van der Waals surface area contributed by atoms with Crippen LogP contribution in [0.1, 0.15) is 34.1 Å². The Hall–Kier alpha value is -3.36. The van der Waals surface area contributed by atoms with E-state index in [9.17, 15) is 10.1 Å². The molecule has 0 unspecified atom stereocenters. The summed E-state index contributed by atoms with van der Waals surface area (Å²) >= 11 is 0. The van der Waals surface area contributed by atoms with Gasteiger partial charge in [-0.15, -0.1) is 0 Å². The van der Waals surface area contributed by atoms with Crippen LogP contribution in [-0.4, -0.2) is 12.5 Å². The number of benzene rings is 2. The molecule has 3 rings (SSSR count). The fraction of sp³-hybridized carbons (Fsp3) is 0.182. The van der Waals surface area contributed by atoms with Gasteiger partial charge in [0, 0.05) is 5.56 Å². The molecule has 0 aliphatic heterocycles. The summed E-state index contributed by atoms with van der Waals surface area (Å²) in [6, 6.07) is 21.9. The van der Waals surface area contributed by atoms with Crippen molar-refractivity contribution in [2.75, 3.05) is 11.9 Å². The van der Waals surface area contributed by atoms with E-state index in [1.54, 1.807) is 13.8 Å². The molecule has 1 amide bonds. The van der Waals surface area contributed by atoms with E-state index in [1.165, 1.54) is 0 Å². The van der Waals surface area contributed by atoms with Gasteiger partial charge in [-0.05, 0) is 25.0 Å². The van der Waals surface area contributed by atoms with Crippen LogP contribution in [0.3, 0.4) is 0 Å². The SMILES string of the molecule is Cc1oc(NC(=O)CNC(c2ccccc2)c2ccccc2)c(C#N)c1C. The van der Waals surface area contributed by atoms with Gasteiger partial charge in [0.25, 0.3) is 0 Å². The number of hydrogen-bond donors (Lipinski definition) is 2. The van der Waals surface area contributed by atoms with Crippen molar-refractivity contribution < 1.29 is 9.21 Å². The molecule has 5 heteroatoms. The lowest BCUT2D eigenvalue weighted by molar-refractivity contribution is -0.115. The zero-order valence-corrected chi connectivity index (χ0v) is 15.3. The van der Waals surface area contributed by atoms with Gasteiger partial charge in [0.1, 0.15) is 17.4 Å². The molecule has 0 saturated heterocycles. The van der Waals surface area contributed by atoms with E-state index >= 15 is 0 Å². The number of furan rings is 1. The van der Waals surface area contributed by atoms with Crippen molar-refractivity contribution in [1.82, 2.24) is 5.32 Å². The molecule has 5 nitrogen and oxygen atoms in total. The van der Waals surface area contributed by atoms with Crippen LogP contribution in [0.15, 0.2) is 65.1 Å². The molecule has 0 atom stereocenters. The van der Waals surface area contributed by atoms with Crippen LogP contribution in [0.2, 0.25) is 0 Å². The van der Waals surface area contributed by atoms with Gasteiger partial charge in [0.2, 0.25) is 11.8 Å². The predicted molar refractivity (Wildman–Crippen MR) is 104 cm³/mol. The number of amides is 1. The predicted octanol–water partition coefficient (Wildman–Crippen LogP) is 4.09. The first-order chi connectivity index (χ1) is 13.1. The lowest BCUT2D eigenvalue weighted by Crippen LogP contribution is -2.32. The Morgan fingerprint density at radius 1 is 1.04 bits per heavy atom. The first kappa shape index (κ1) is 18.4. The summed E-state index contributed by atoms with van der Waals surface area (Å²) in [5, 5.41) is 15.2. The maximum Gasteiger partial charge on any atom is 0.240 e. The Kier molecular flexibility index (Phi) is 5.70. The van der Waals surface area contributed by atoms with E-state index in [4.69, 9.17) is 4.42 Å². The molecule has 2 aromatic carbocycles. The molecule has 0 fully saturated rings. The second-order valence-corrected chi connectivity index (χ2v) is 6.28. The number of carbonyl (C=O) groups excluding carboxylic acids is 1. The lowest BCUT2D eigenvalue weighted by Gasteiger charge is -2.19. The Bertz CT molecular complexity index is 917. The van der Waals surface area contributed by atoms with Gasteiger partial charge in [0.05, 0.1) is 12.6 Å². The largest absolute Gasteiger partial charge is 0.444 e. The minimum absolute atomic E-state index is 0.0815. The number of hydrogen-bond acceptors (Lipinski definition) is 4. The number of nitriles is 1. The molecule has 1 aromatic heterocycles. The Labute approximate surface area is 158 Å². The number of nitrogens with one attached hydrogen (secondary N) is 2. The summed E-state index contributed by atoms with van der Waals surface area (Å²) in [5.41, 5.74) is 3.24. The zero-order valence-electron chi connectivity index (χ0n) is 15.3. The van der Waals surface area contributed by atoms with Crippen LogP contribution in [0.25, 0.3) is 0 Å². The second-order valence-electron chi connectivity index (χ2n) is 6.28. The smallest absolute Gasteiger partial charge is 0.240 e. The summed E-state index contributed by atoms with van der Waals surface area (Å²) in [4.78, 5) is 12.4.